The quantitative estimate of drug-likeness (QED) is 0.859. The third kappa shape index (κ3) is 4.57. The van der Waals surface area contributed by atoms with Gasteiger partial charge in [-0.05, 0) is 23.8 Å². The average molecular weight is 288 g/mol. The Morgan fingerprint density at radius 1 is 1.19 bits per heavy atom. The maximum Gasteiger partial charge on any atom is 0.227 e. The summed E-state index contributed by atoms with van der Waals surface area (Å²) in [5.74, 6) is -0.133. The van der Waals surface area contributed by atoms with Crippen LogP contribution < -0.4 is 15.8 Å². The summed E-state index contributed by atoms with van der Waals surface area (Å²) in [6, 6.07) is 13.2. The van der Waals surface area contributed by atoms with E-state index in [1.165, 1.54) is 12.1 Å². The van der Waals surface area contributed by atoms with Gasteiger partial charge in [0.25, 0.3) is 0 Å². The predicted molar refractivity (Wildman–Crippen MR) is 79.5 cm³/mol. The Kier molecular flexibility index (Phi) is 5.29. The largest absolute Gasteiger partial charge is 0.493 e. The first kappa shape index (κ1) is 15.0. The van der Waals surface area contributed by atoms with Crippen LogP contribution in [0.3, 0.4) is 0 Å². The van der Waals surface area contributed by atoms with Crippen LogP contribution in [0.25, 0.3) is 0 Å². The second-order valence-corrected chi connectivity index (χ2v) is 4.47. The van der Waals surface area contributed by atoms with Crippen molar-refractivity contribution in [2.45, 2.75) is 13.0 Å². The Labute approximate surface area is 122 Å². The number of carbonyl (C=O) groups is 1. The standard InChI is InChI=1S/C16H17FN2O2/c17-13-5-3-6-14(10-13)21-9-8-16(20)19-15-7-2-1-4-12(15)11-18/h1-7,10H,8-9,11,18H2,(H,19,20). The maximum atomic E-state index is 13.0. The Hall–Kier alpha value is -2.40. The number of halogens is 1. The molecule has 0 aliphatic heterocycles. The summed E-state index contributed by atoms with van der Waals surface area (Å²) >= 11 is 0. The SMILES string of the molecule is NCc1ccccc1NC(=O)CCOc1cccc(F)c1. The molecule has 21 heavy (non-hydrogen) atoms. The molecule has 0 aliphatic rings. The van der Waals surface area contributed by atoms with Crippen molar-refractivity contribution >= 4 is 11.6 Å². The van der Waals surface area contributed by atoms with Gasteiger partial charge in [0.2, 0.25) is 5.91 Å². The predicted octanol–water partition coefficient (Wildman–Crippen LogP) is 2.69. The van der Waals surface area contributed by atoms with Crippen LogP contribution in [0.15, 0.2) is 48.5 Å². The van der Waals surface area contributed by atoms with Gasteiger partial charge in [0.1, 0.15) is 11.6 Å². The van der Waals surface area contributed by atoms with E-state index in [1.807, 2.05) is 18.2 Å². The minimum absolute atomic E-state index is 0.174. The number of nitrogens with two attached hydrogens (primary N) is 1. The summed E-state index contributed by atoms with van der Waals surface area (Å²) in [6.45, 7) is 0.538. The van der Waals surface area contributed by atoms with E-state index in [1.54, 1.807) is 18.2 Å². The van der Waals surface area contributed by atoms with E-state index in [9.17, 15) is 9.18 Å². The number of nitrogens with one attached hydrogen (secondary N) is 1. The van der Waals surface area contributed by atoms with Crippen molar-refractivity contribution in [1.82, 2.24) is 0 Å². The van der Waals surface area contributed by atoms with Gasteiger partial charge < -0.3 is 15.8 Å². The number of hydrogen-bond donors (Lipinski definition) is 2. The summed E-state index contributed by atoms with van der Waals surface area (Å²) in [5, 5.41) is 2.79. The summed E-state index contributed by atoms with van der Waals surface area (Å²) in [5.41, 5.74) is 7.18. The second kappa shape index (κ2) is 7.40. The molecule has 110 valence electrons. The molecule has 0 aromatic heterocycles. The lowest BCUT2D eigenvalue weighted by molar-refractivity contribution is -0.116. The molecule has 0 radical (unpaired) electrons. The Morgan fingerprint density at radius 3 is 2.76 bits per heavy atom. The lowest BCUT2D eigenvalue weighted by atomic mass is 10.2. The highest BCUT2D eigenvalue weighted by Gasteiger charge is 2.06. The fourth-order valence-corrected chi connectivity index (χ4v) is 1.85. The van der Waals surface area contributed by atoms with Crippen LogP contribution in [0.5, 0.6) is 5.75 Å². The number of benzene rings is 2. The van der Waals surface area contributed by atoms with Crippen LogP contribution in [0, 0.1) is 5.82 Å². The molecule has 0 spiro atoms. The molecule has 0 heterocycles. The van der Waals surface area contributed by atoms with Crippen molar-refractivity contribution in [1.29, 1.82) is 0 Å². The Morgan fingerprint density at radius 2 is 2.00 bits per heavy atom. The number of anilines is 1. The molecule has 3 N–H and O–H groups in total. The van der Waals surface area contributed by atoms with Gasteiger partial charge in [0, 0.05) is 18.3 Å². The molecule has 5 heteroatoms. The van der Waals surface area contributed by atoms with Gasteiger partial charge >= 0.3 is 0 Å². The molecule has 0 fully saturated rings. The van der Waals surface area contributed by atoms with Crippen LogP contribution in [0.2, 0.25) is 0 Å². The highest BCUT2D eigenvalue weighted by molar-refractivity contribution is 5.91. The molecule has 0 atom stereocenters. The summed E-state index contributed by atoms with van der Waals surface area (Å²) in [4.78, 5) is 11.8. The second-order valence-electron chi connectivity index (χ2n) is 4.47. The molecular formula is C16H17FN2O2. The van der Waals surface area contributed by atoms with Gasteiger partial charge in [-0.15, -0.1) is 0 Å². The van der Waals surface area contributed by atoms with E-state index < -0.39 is 0 Å². The number of hydrogen-bond acceptors (Lipinski definition) is 3. The van der Waals surface area contributed by atoms with Crippen molar-refractivity contribution < 1.29 is 13.9 Å². The van der Waals surface area contributed by atoms with Crippen molar-refractivity contribution in [2.24, 2.45) is 5.73 Å². The molecule has 0 saturated heterocycles. The monoisotopic (exact) mass is 288 g/mol. The van der Waals surface area contributed by atoms with Gasteiger partial charge in [-0.3, -0.25) is 4.79 Å². The van der Waals surface area contributed by atoms with Crippen LogP contribution in [0.1, 0.15) is 12.0 Å². The molecule has 0 unspecified atom stereocenters. The number of para-hydroxylation sites is 1. The highest BCUT2D eigenvalue weighted by Crippen LogP contribution is 2.15. The van der Waals surface area contributed by atoms with Gasteiger partial charge in [-0.25, -0.2) is 4.39 Å². The third-order valence-electron chi connectivity index (χ3n) is 2.91. The van der Waals surface area contributed by atoms with Gasteiger partial charge in [0.15, 0.2) is 0 Å². The van der Waals surface area contributed by atoms with Crippen LogP contribution in [-0.4, -0.2) is 12.5 Å². The first-order valence-electron chi connectivity index (χ1n) is 6.65. The van der Waals surface area contributed by atoms with Gasteiger partial charge in [-0.1, -0.05) is 24.3 Å². The maximum absolute atomic E-state index is 13.0. The van der Waals surface area contributed by atoms with E-state index in [0.717, 1.165) is 5.56 Å². The van der Waals surface area contributed by atoms with Crippen molar-refractivity contribution in [3.63, 3.8) is 0 Å². The van der Waals surface area contributed by atoms with E-state index in [-0.39, 0.29) is 24.8 Å². The fraction of sp³-hybridized carbons (Fsp3) is 0.188. The first-order chi connectivity index (χ1) is 10.2. The molecule has 2 aromatic carbocycles. The summed E-state index contributed by atoms with van der Waals surface area (Å²) < 4.78 is 18.3. The third-order valence-corrected chi connectivity index (χ3v) is 2.91. The zero-order valence-electron chi connectivity index (χ0n) is 11.5. The van der Waals surface area contributed by atoms with Crippen molar-refractivity contribution in [3.8, 4) is 5.75 Å². The molecule has 2 aromatic rings. The van der Waals surface area contributed by atoms with E-state index >= 15 is 0 Å². The van der Waals surface area contributed by atoms with Gasteiger partial charge in [0.05, 0.1) is 13.0 Å². The normalized spacial score (nSPS) is 10.2. The molecular weight excluding hydrogens is 271 g/mol. The zero-order valence-corrected chi connectivity index (χ0v) is 11.5. The molecule has 0 bridgehead atoms. The number of ether oxygens (including phenoxy) is 1. The number of amides is 1. The topological polar surface area (TPSA) is 64.3 Å². The lowest BCUT2D eigenvalue weighted by Gasteiger charge is -2.10. The molecule has 0 aliphatic carbocycles. The van der Waals surface area contributed by atoms with Crippen LogP contribution in [0.4, 0.5) is 10.1 Å². The van der Waals surface area contributed by atoms with Crippen LogP contribution in [-0.2, 0) is 11.3 Å². The van der Waals surface area contributed by atoms with E-state index in [0.29, 0.717) is 18.0 Å². The van der Waals surface area contributed by atoms with Crippen LogP contribution >= 0.6 is 0 Å². The van der Waals surface area contributed by atoms with Crippen molar-refractivity contribution in [3.05, 3.63) is 59.9 Å². The molecule has 2 rings (SSSR count). The smallest absolute Gasteiger partial charge is 0.227 e. The Balaban J connectivity index is 1.82. The first-order valence-corrected chi connectivity index (χ1v) is 6.65. The number of rotatable bonds is 6. The highest BCUT2D eigenvalue weighted by atomic mass is 19.1. The summed E-state index contributed by atoms with van der Waals surface area (Å²) in [7, 11) is 0. The van der Waals surface area contributed by atoms with Gasteiger partial charge in [-0.2, -0.15) is 0 Å². The fourth-order valence-electron chi connectivity index (χ4n) is 1.85. The molecule has 0 saturated carbocycles. The Bertz CT molecular complexity index is 617. The minimum Gasteiger partial charge on any atom is -0.493 e. The number of carbonyl (C=O) groups excluding carboxylic acids is 1. The molecule has 1 amide bonds. The average Bonchev–Trinajstić information content (AvgIpc) is 2.48. The van der Waals surface area contributed by atoms with Crippen molar-refractivity contribution in [2.75, 3.05) is 11.9 Å². The minimum atomic E-state index is -0.367. The zero-order chi connectivity index (χ0) is 15.1. The lowest BCUT2D eigenvalue weighted by Crippen LogP contribution is -2.16. The summed E-state index contributed by atoms with van der Waals surface area (Å²) in [6.07, 6.45) is 0.176. The van der Waals surface area contributed by atoms with E-state index in [4.69, 9.17) is 10.5 Å². The molecule has 4 nitrogen and oxygen atoms in total. The van der Waals surface area contributed by atoms with E-state index in [2.05, 4.69) is 5.32 Å².